The first kappa shape index (κ1) is 15.1. The quantitative estimate of drug-likeness (QED) is 0.852. The minimum Gasteiger partial charge on any atom is -0.310 e. The van der Waals surface area contributed by atoms with Gasteiger partial charge in [0, 0.05) is 24.4 Å². The lowest BCUT2D eigenvalue weighted by Gasteiger charge is -2.19. The Balaban J connectivity index is 2.20. The molecule has 0 amide bonds. The fraction of sp³-hybridized carbons (Fsp3) is 0.312. The fourth-order valence-corrected chi connectivity index (χ4v) is 2.33. The first-order chi connectivity index (χ1) is 9.70. The zero-order valence-electron chi connectivity index (χ0n) is 11.4. The highest BCUT2D eigenvalue weighted by Gasteiger charge is 2.14. The molecule has 0 aliphatic heterocycles. The number of nitrogens with zero attached hydrogens (tertiary/aromatic N) is 1. The van der Waals surface area contributed by atoms with Crippen molar-refractivity contribution < 1.29 is 4.39 Å². The molecule has 1 N–H and O–H groups in total. The maximum atomic E-state index is 13.7. The first-order valence-corrected chi connectivity index (χ1v) is 7.58. The lowest BCUT2D eigenvalue weighted by Crippen LogP contribution is -2.24. The van der Waals surface area contributed by atoms with Gasteiger partial charge in [-0.1, -0.05) is 19.1 Å². The van der Waals surface area contributed by atoms with Gasteiger partial charge in [0.25, 0.3) is 0 Å². The van der Waals surface area contributed by atoms with Gasteiger partial charge in [-0.3, -0.25) is 4.98 Å². The average molecular weight is 337 g/mol. The second-order valence-electron chi connectivity index (χ2n) is 4.71. The zero-order valence-corrected chi connectivity index (χ0v) is 13.0. The molecule has 0 spiro atoms. The van der Waals surface area contributed by atoms with Crippen LogP contribution in [0.25, 0.3) is 0 Å². The third-order valence-electron chi connectivity index (χ3n) is 3.13. The lowest BCUT2D eigenvalue weighted by atomic mass is 10.0. The third kappa shape index (κ3) is 4.12. The molecule has 0 bridgehead atoms. The van der Waals surface area contributed by atoms with Crippen LogP contribution in [0.15, 0.2) is 47.1 Å². The molecule has 0 saturated heterocycles. The van der Waals surface area contributed by atoms with Gasteiger partial charge in [-0.2, -0.15) is 0 Å². The molecule has 1 aromatic carbocycles. The van der Waals surface area contributed by atoms with Crippen molar-refractivity contribution in [3.05, 3.63) is 64.1 Å². The normalized spacial score (nSPS) is 12.3. The van der Waals surface area contributed by atoms with Gasteiger partial charge in [0.1, 0.15) is 5.82 Å². The van der Waals surface area contributed by atoms with E-state index in [4.69, 9.17) is 0 Å². The van der Waals surface area contributed by atoms with Crippen molar-refractivity contribution in [2.45, 2.75) is 25.8 Å². The van der Waals surface area contributed by atoms with Gasteiger partial charge >= 0.3 is 0 Å². The molecule has 0 saturated carbocycles. The number of rotatable bonds is 6. The van der Waals surface area contributed by atoms with E-state index in [2.05, 4.69) is 33.2 Å². The highest BCUT2D eigenvalue weighted by molar-refractivity contribution is 9.10. The summed E-state index contributed by atoms with van der Waals surface area (Å²) in [5.74, 6) is -0.230. The molecule has 1 aromatic heterocycles. The molecular weight excluding hydrogens is 319 g/mol. The topological polar surface area (TPSA) is 24.9 Å². The van der Waals surface area contributed by atoms with E-state index < -0.39 is 0 Å². The molecule has 1 unspecified atom stereocenters. The van der Waals surface area contributed by atoms with Crippen molar-refractivity contribution >= 4 is 15.9 Å². The SMILES string of the molecule is CCCNC(Cc1ccccn1)c1ccc(Br)c(F)c1. The zero-order chi connectivity index (χ0) is 14.4. The van der Waals surface area contributed by atoms with Crippen LogP contribution in [0.1, 0.15) is 30.6 Å². The number of halogens is 2. The molecule has 2 aromatic rings. The molecule has 1 atom stereocenters. The van der Waals surface area contributed by atoms with E-state index in [1.54, 1.807) is 18.3 Å². The summed E-state index contributed by atoms with van der Waals surface area (Å²) in [5.41, 5.74) is 1.95. The van der Waals surface area contributed by atoms with Gasteiger partial charge in [0.2, 0.25) is 0 Å². The van der Waals surface area contributed by atoms with Gasteiger partial charge < -0.3 is 5.32 Å². The third-order valence-corrected chi connectivity index (χ3v) is 3.77. The van der Waals surface area contributed by atoms with E-state index >= 15 is 0 Å². The summed E-state index contributed by atoms with van der Waals surface area (Å²) in [6.07, 6.45) is 3.58. The van der Waals surface area contributed by atoms with E-state index in [0.717, 1.165) is 30.6 Å². The van der Waals surface area contributed by atoms with Crippen LogP contribution < -0.4 is 5.32 Å². The summed E-state index contributed by atoms with van der Waals surface area (Å²) in [5, 5.41) is 3.46. The molecule has 0 aliphatic rings. The smallest absolute Gasteiger partial charge is 0.137 e. The molecule has 0 radical (unpaired) electrons. The highest BCUT2D eigenvalue weighted by Crippen LogP contribution is 2.23. The Morgan fingerprint density at radius 2 is 2.15 bits per heavy atom. The lowest BCUT2D eigenvalue weighted by molar-refractivity contribution is 0.519. The Labute approximate surface area is 127 Å². The summed E-state index contributed by atoms with van der Waals surface area (Å²) < 4.78 is 14.2. The molecule has 2 rings (SSSR count). The summed E-state index contributed by atoms with van der Waals surface area (Å²) in [6, 6.07) is 11.2. The van der Waals surface area contributed by atoms with Crippen LogP contribution in [0.3, 0.4) is 0 Å². The standard InChI is InChI=1S/C16H18BrFN2/c1-2-8-20-16(11-13-5-3-4-9-19-13)12-6-7-14(17)15(18)10-12/h3-7,9-10,16,20H,2,8,11H2,1H3. The van der Waals surface area contributed by atoms with Crippen LogP contribution in [0.4, 0.5) is 4.39 Å². The number of aromatic nitrogens is 1. The average Bonchev–Trinajstić information content (AvgIpc) is 2.47. The van der Waals surface area contributed by atoms with Gasteiger partial charge in [0.15, 0.2) is 0 Å². The largest absolute Gasteiger partial charge is 0.310 e. The fourth-order valence-electron chi connectivity index (χ4n) is 2.08. The number of nitrogens with one attached hydrogen (secondary N) is 1. The van der Waals surface area contributed by atoms with Crippen molar-refractivity contribution in [2.75, 3.05) is 6.54 Å². The van der Waals surface area contributed by atoms with Crippen LogP contribution in [0.2, 0.25) is 0 Å². The van der Waals surface area contributed by atoms with Crippen LogP contribution in [0, 0.1) is 5.82 Å². The van der Waals surface area contributed by atoms with Crippen molar-refractivity contribution in [1.29, 1.82) is 0 Å². The predicted octanol–water partition coefficient (Wildman–Crippen LogP) is 4.27. The Morgan fingerprint density at radius 1 is 1.30 bits per heavy atom. The minimum atomic E-state index is -0.230. The summed E-state index contributed by atoms with van der Waals surface area (Å²) in [6.45, 7) is 3.02. The van der Waals surface area contributed by atoms with E-state index in [1.165, 1.54) is 0 Å². The second kappa shape index (κ2) is 7.50. The molecule has 2 nitrogen and oxygen atoms in total. The maximum absolute atomic E-state index is 13.7. The Bertz CT molecular complexity index is 545. The molecule has 1 heterocycles. The van der Waals surface area contributed by atoms with Gasteiger partial charge in [-0.15, -0.1) is 0 Å². The molecule has 0 fully saturated rings. The monoisotopic (exact) mass is 336 g/mol. The number of hydrogen-bond acceptors (Lipinski definition) is 2. The van der Waals surface area contributed by atoms with E-state index in [9.17, 15) is 4.39 Å². The first-order valence-electron chi connectivity index (χ1n) is 6.79. The number of pyridine rings is 1. The second-order valence-corrected chi connectivity index (χ2v) is 5.56. The number of benzene rings is 1. The summed E-state index contributed by atoms with van der Waals surface area (Å²) in [7, 11) is 0. The predicted molar refractivity (Wildman–Crippen MR) is 83.1 cm³/mol. The van der Waals surface area contributed by atoms with Crippen LogP contribution >= 0.6 is 15.9 Å². The van der Waals surface area contributed by atoms with Crippen LogP contribution in [-0.4, -0.2) is 11.5 Å². The molecule has 20 heavy (non-hydrogen) atoms. The van der Waals surface area contributed by atoms with E-state index in [1.807, 2.05) is 24.3 Å². The van der Waals surface area contributed by atoms with Gasteiger partial charge in [-0.05, 0) is 58.7 Å². The van der Waals surface area contributed by atoms with Crippen molar-refractivity contribution in [3.8, 4) is 0 Å². The van der Waals surface area contributed by atoms with E-state index in [-0.39, 0.29) is 11.9 Å². The van der Waals surface area contributed by atoms with Crippen molar-refractivity contribution in [2.24, 2.45) is 0 Å². The highest BCUT2D eigenvalue weighted by atomic mass is 79.9. The Morgan fingerprint density at radius 3 is 2.80 bits per heavy atom. The van der Waals surface area contributed by atoms with Gasteiger partial charge in [0.05, 0.1) is 4.47 Å². The minimum absolute atomic E-state index is 0.0763. The number of hydrogen-bond donors (Lipinski definition) is 1. The Kier molecular flexibility index (Phi) is 5.68. The molecule has 4 heteroatoms. The Hall–Kier alpha value is -1.26. The van der Waals surface area contributed by atoms with Crippen LogP contribution in [-0.2, 0) is 6.42 Å². The van der Waals surface area contributed by atoms with Gasteiger partial charge in [-0.25, -0.2) is 4.39 Å². The van der Waals surface area contributed by atoms with E-state index in [0.29, 0.717) is 4.47 Å². The maximum Gasteiger partial charge on any atom is 0.137 e. The summed E-state index contributed by atoms with van der Waals surface area (Å²) in [4.78, 5) is 4.35. The molecule has 106 valence electrons. The molecular formula is C16H18BrFN2. The van der Waals surface area contributed by atoms with Crippen molar-refractivity contribution in [3.63, 3.8) is 0 Å². The molecule has 0 aliphatic carbocycles. The van der Waals surface area contributed by atoms with Crippen LogP contribution in [0.5, 0.6) is 0 Å². The summed E-state index contributed by atoms with van der Waals surface area (Å²) >= 11 is 3.19. The van der Waals surface area contributed by atoms with Crippen molar-refractivity contribution in [1.82, 2.24) is 10.3 Å².